The van der Waals surface area contributed by atoms with Crippen LogP contribution in [0.3, 0.4) is 0 Å². The smallest absolute Gasteiger partial charge is 0.341 e. The van der Waals surface area contributed by atoms with Gasteiger partial charge in [0.05, 0.1) is 5.56 Å². The second-order valence-electron chi connectivity index (χ2n) is 6.25. The van der Waals surface area contributed by atoms with Crippen LogP contribution in [0.15, 0.2) is 24.4 Å². The third-order valence-electron chi connectivity index (χ3n) is 2.92. The number of carbonyl (C=O) groups excluding carboxylic acids is 1. The summed E-state index contributed by atoms with van der Waals surface area (Å²) in [4.78, 5) is 16.1. The van der Waals surface area contributed by atoms with Crippen molar-refractivity contribution in [1.29, 1.82) is 0 Å². The van der Waals surface area contributed by atoms with Gasteiger partial charge in [0.25, 0.3) is 6.36 Å². The molecule has 10 heteroatoms. The van der Waals surface area contributed by atoms with E-state index in [2.05, 4.69) is 14.8 Å². The molecule has 0 aliphatic heterocycles. The maximum atomic E-state index is 13.3. The molecule has 0 aliphatic carbocycles. The fourth-order valence-corrected chi connectivity index (χ4v) is 2.02. The van der Waals surface area contributed by atoms with Crippen molar-refractivity contribution in [3.05, 3.63) is 35.1 Å². The van der Waals surface area contributed by atoms with Gasteiger partial charge in [-0.2, -0.15) is 4.39 Å². The van der Waals surface area contributed by atoms with Crippen LogP contribution in [0.1, 0.15) is 31.1 Å². The molecule has 2 heterocycles. The Kier molecular flexibility index (Phi) is 6.12. The minimum Gasteiger partial charge on any atom is -0.456 e. The molecular weight excluding hydrogens is 375 g/mol. The van der Waals surface area contributed by atoms with E-state index in [1.54, 1.807) is 20.8 Å². The van der Waals surface area contributed by atoms with Gasteiger partial charge in [-0.05, 0) is 32.9 Å². The van der Waals surface area contributed by atoms with Crippen LogP contribution in [0, 0.1) is 0 Å². The summed E-state index contributed by atoms with van der Waals surface area (Å²) in [5.74, 6) is -0.691. The van der Waals surface area contributed by atoms with Crippen LogP contribution in [-0.4, -0.2) is 45.5 Å². The van der Waals surface area contributed by atoms with E-state index in [0.29, 0.717) is 0 Å². The maximum Gasteiger partial charge on any atom is 0.341 e. The molecular formula is C16H17ClF3N3O3. The van der Waals surface area contributed by atoms with Gasteiger partial charge in [0.1, 0.15) is 17.4 Å². The molecule has 2 unspecified atom stereocenters. The average molecular weight is 392 g/mol. The van der Waals surface area contributed by atoms with Gasteiger partial charge < -0.3 is 9.47 Å². The Bertz CT molecular complexity index is 780. The molecule has 0 fully saturated rings. The van der Waals surface area contributed by atoms with Crippen LogP contribution < -0.4 is 4.74 Å². The number of hydrogen-bond donors (Lipinski definition) is 0. The first kappa shape index (κ1) is 20.0. The molecule has 0 saturated heterocycles. The topological polar surface area (TPSA) is 66.2 Å². The number of ether oxygens (including phenoxy) is 2. The molecule has 2 aromatic heterocycles. The normalized spacial score (nSPS) is 14.0. The SMILES string of the molecule is CC(C)(C)OC(=O)c1ccc(-n2ccc(OC(F)C(F)CF)n2)nc1Cl. The molecule has 26 heavy (non-hydrogen) atoms. The molecule has 0 radical (unpaired) electrons. The standard InChI is InChI=1S/C16H17ClF3N3O3/c1-16(2,3)26-15(24)9-4-5-11(21-13(9)17)23-7-6-12(22-23)25-14(20)10(19)8-18/h4-7,10,14H,8H2,1-3H3. The number of halogens is 4. The second-order valence-corrected chi connectivity index (χ2v) is 6.61. The van der Waals surface area contributed by atoms with E-state index >= 15 is 0 Å². The van der Waals surface area contributed by atoms with Crippen molar-refractivity contribution >= 4 is 17.6 Å². The molecule has 142 valence electrons. The highest BCUT2D eigenvalue weighted by Gasteiger charge is 2.24. The predicted octanol–water partition coefficient (Wildman–Crippen LogP) is 3.86. The largest absolute Gasteiger partial charge is 0.456 e. The zero-order valence-electron chi connectivity index (χ0n) is 14.2. The Morgan fingerprint density at radius 3 is 2.58 bits per heavy atom. The number of pyridine rings is 1. The number of esters is 1. The summed E-state index contributed by atoms with van der Waals surface area (Å²) in [5, 5.41) is 3.73. The number of hydrogen-bond acceptors (Lipinski definition) is 5. The summed E-state index contributed by atoms with van der Waals surface area (Å²) in [5.41, 5.74) is -0.620. The summed E-state index contributed by atoms with van der Waals surface area (Å²) >= 11 is 6.02. The molecule has 2 aromatic rings. The number of aromatic nitrogens is 3. The van der Waals surface area contributed by atoms with Crippen molar-refractivity contribution in [3.63, 3.8) is 0 Å². The Morgan fingerprint density at radius 1 is 1.31 bits per heavy atom. The van der Waals surface area contributed by atoms with Gasteiger partial charge in [0.2, 0.25) is 5.88 Å². The predicted molar refractivity (Wildman–Crippen MR) is 87.9 cm³/mol. The van der Waals surface area contributed by atoms with Crippen molar-refractivity contribution in [3.8, 4) is 11.7 Å². The van der Waals surface area contributed by atoms with Crippen LogP contribution in [0.25, 0.3) is 5.82 Å². The van der Waals surface area contributed by atoms with Crippen LogP contribution in [0.4, 0.5) is 13.2 Å². The Morgan fingerprint density at radius 2 is 2.00 bits per heavy atom. The summed E-state index contributed by atoms with van der Waals surface area (Å²) < 4.78 is 49.1. The number of nitrogens with zero attached hydrogens (tertiary/aromatic N) is 3. The number of carbonyl (C=O) groups is 1. The molecule has 0 spiro atoms. The highest BCUT2D eigenvalue weighted by atomic mass is 35.5. The third-order valence-corrected chi connectivity index (χ3v) is 3.21. The van der Waals surface area contributed by atoms with E-state index in [-0.39, 0.29) is 22.4 Å². The lowest BCUT2D eigenvalue weighted by molar-refractivity contribution is -0.0179. The van der Waals surface area contributed by atoms with E-state index in [1.165, 1.54) is 29.1 Å². The first-order valence-electron chi connectivity index (χ1n) is 7.57. The van der Waals surface area contributed by atoms with Gasteiger partial charge in [-0.15, -0.1) is 5.10 Å². The van der Waals surface area contributed by atoms with Crippen molar-refractivity contribution in [1.82, 2.24) is 14.8 Å². The lowest BCUT2D eigenvalue weighted by Gasteiger charge is -2.19. The zero-order valence-corrected chi connectivity index (χ0v) is 15.0. The molecule has 2 rings (SSSR count). The van der Waals surface area contributed by atoms with Gasteiger partial charge in [-0.1, -0.05) is 11.6 Å². The summed E-state index contributed by atoms with van der Waals surface area (Å²) in [6.45, 7) is 3.64. The van der Waals surface area contributed by atoms with Gasteiger partial charge in [0, 0.05) is 12.3 Å². The van der Waals surface area contributed by atoms with Crippen molar-refractivity contribution in [2.45, 2.75) is 38.9 Å². The Hall–Kier alpha value is -2.29. The molecule has 0 bridgehead atoms. The average Bonchev–Trinajstić information content (AvgIpc) is 3.00. The first-order chi connectivity index (χ1) is 12.1. The molecule has 0 aromatic carbocycles. The van der Waals surface area contributed by atoms with Crippen molar-refractivity contribution < 1.29 is 27.4 Å². The Balaban J connectivity index is 2.16. The van der Waals surface area contributed by atoms with Crippen molar-refractivity contribution in [2.75, 3.05) is 6.67 Å². The summed E-state index contributed by atoms with van der Waals surface area (Å²) in [7, 11) is 0. The summed E-state index contributed by atoms with van der Waals surface area (Å²) in [6, 6.07) is 4.09. The van der Waals surface area contributed by atoms with E-state index in [4.69, 9.17) is 16.3 Å². The highest BCUT2D eigenvalue weighted by Crippen LogP contribution is 2.21. The fourth-order valence-electron chi connectivity index (χ4n) is 1.79. The van der Waals surface area contributed by atoms with E-state index in [9.17, 15) is 18.0 Å². The van der Waals surface area contributed by atoms with E-state index in [1.807, 2.05) is 0 Å². The molecule has 6 nitrogen and oxygen atoms in total. The minimum atomic E-state index is -2.48. The van der Waals surface area contributed by atoms with Gasteiger partial charge in [0.15, 0.2) is 12.0 Å². The summed E-state index contributed by atoms with van der Waals surface area (Å²) in [6.07, 6.45) is -3.52. The monoisotopic (exact) mass is 391 g/mol. The minimum absolute atomic E-state index is 0.0704. The number of alkyl halides is 3. The maximum absolute atomic E-state index is 13.3. The molecule has 0 saturated carbocycles. The lowest BCUT2D eigenvalue weighted by Crippen LogP contribution is -2.25. The van der Waals surface area contributed by atoms with Crippen LogP contribution in [0.2, 0.25) is 5.15 Å². The van der Waals surface area contributed by atoms with E-state index in [0.717, 1.165) is 0 Å². The van der Waals surface area contributed by atoms with Gasteiger partial charge in [-0.25, -0.2) is 23.2 Å². The highest BCUT2D eigenvalue weighted by molar-refractivity contribution is 6.32. The van der Waals surface area contributed by atoms with Crippen LogP contribution >= 0.6 is 11.6 Å². The van der Waals surface area contributed by atoms with E-state index < -0.39 is 30.8 Å². The molecule has 2 atom stereocenters. The fraction of sp³-hybridized carbons (Fsp3) is 0.438. The molecule has 0 amide bonds. The molecule has 0 N–H and O–H groups in total. The molecule has 0 aliphatic rings. The van der Waals surface area contributed by atoms with Crippen LogP contribution in [0.5, 0.6) is 5.88 Å². The lowest BCUT2D eigenvalue weighted by atomic mass is 10.2. The second kappa shape index (κ2) is 7.94. The number of rotatable bonds is 6. The van der Waals surface area contributed by atoms with Crippen molar-refractivity contribution in [2.24, 2.45) is 0 Å². The Labute approximate surface area is 152 Å². The quantitative estimate of drug-likeness (QED) is 0.552. The third kappa shape index (κ3) is 5.10. The zero-order chi connectivity index (χ0) is 19.5. The van der Waals surface area contributed by atoms with Crippen LogP contribution in [-0.2, 0) is 4.74 Å². The first-order valence-corrected chi connectivity index (χ1v) is 7.95. The van der Waals surface area contributed by atoms with Gasteiger partial charge in [-0.3, -0.25) is 0 Å². The van der Waals surface area contributed by atoms with Gasteiger partial charge >= 0.3 is 5.97 Å².